The third-order valence-electron chi connectivity index (χ3n) is 10.0. The van der Waals surface area contributed by atoms with Crippen LogP contribution in [-0.4, -0.2) is 47.3 Å². The van der Waals surface area contributed by atoms with Gasteiger partial charge >= 0.3 is 6.09 Å². The van der Waals surface area contributed by atoms with Gasteiger partial charge in [-0.2, -0.15) is 0 Å². The Hall–Kier alpha value is -1.75. The number of ether oxygens (including phenoxy) is 1. The van der Waals surface area contributed by atoms with E-state index in [1.54, 1.807) is 6.08 Å². The zero-order valence-electron chi connectivity index (χ0n) is 31.7. The van der Waals surface area contributed by atoms with Crippen molar-refractivity contribution in [2.75, 3.05) is 0 Å². The number of allylic oxidation sites excluding steroid dienone is 4. The lowest BCUT2D eigenvalue weighted by atomic mass is 9.81. The molecule has 0 bridgehead atoms. The second-order valence-corrected chi connectivity index (χ2v) is 25.8. The minimum Gasteiger partial charge on any atom is -0.445 e. The molecule has 0 heterocycles. The first-order chi connectivity index (χ1) is 20.3. The van der Waals surface area contributed by atoms with E-state index in [9.17, 15) is 9.59 Å². The molecule has 8 heteroatoms. The van der Waals surface area contributed by atoms with Crippen molar-refractivity contribution in [2.24, 2.45) is 29.4 Å². The third-order valence-corrected chi connectivity index (χ3v) is 19.0. The van der Waals surface area contributed by atoms with Crippen LogP contribution >= 0.6 is 0 Å². The average Bonchev–Trinajstić information content (AvgIpc) is 2.88. The van der Waals surface area contributed by atoms with Crippen molar-refractivity contribution in [3.63, 3.8) is 0 Å². The summed E-state index contributed by atoms with van der Waals surface area (Å²) in [4.78, 5) is 23.2. The first-order valence-corrected chi connectivity index (χ1v) is 22.5. The van der Waals surface area contributed by atoms with Crippen molar-refractivity contribution in [1.82, 2.24) is 0 Å². The fraction of sp³-hybridized carbons (Fsp3) is 0.730. The molecule has 2 N–H and O–H groups in total. The summed E-state index contributed by atoms with van der Waals surface area (Å²) in [5.74, 6) is 0.0637. The molecule has 7 unspecified atom stereocenters. The fourth-order valence-corrected chi connectivity index (χ4v) is 8.19. The summed E-state index contributed by atoms with van der Waals surface area (Å²) in [6.07, 6.45) is 10.6. The van der Waals surface area contributed by atoms with E-state index in [0.717, 1.165) is 18.3 Å². The van der Waals surface area contributed by atoms with Crippen molar-refractivity contribution in [3.8, 4) is 0 Å². The normalized spacial score (nSPS) is 18.9. The highest BCUT2D eigenvalue weighted by Crippen LogP contribution is 2.42. The van der Waals surface area contributed by atoms with Crippen LogP contribution in [0.2, 0.25) is 36.3 Å². The van der Waals surface area contributed by atoms with Gasteiger partial charge in [0.25, 0.3) is 0 Å². The fourth-order valence-electron chi connectivity index (χ4n) is 5.32. The second-order valence-electron chi connectivity index (χ2n) is 16.3. The van der Waals surface area contributed by atoms with Crippen LogP contribution in [-0.2, 0) is 18.4 Å². The van der Waals surface area contributed by atoms with Crippen LogP contribution in [0.4, 0.5) is 4.79 Å². The molecule has 0 aliphatic rings. The summed E-state index contributed by atoms with van der Waals surface area (Å²) >= 11 is 0. The molecule has 260 valence electrons. The third kappa shape index (κ3) is 13.9. The molecule has 6 nitrogen and oxygen atoms in total. The molecule has 7 atom stereocenters. The molecule has 0 aromatic rings. The van der Waals surface area contributed by atoms with Crippen LogP contribution in [0.15, 0.2) is 48.1 Å². The van der Waals surface area contributed by atoms with Crippen molar-refractivity contribution in [2.45, 2.75) is 151 Å². The molecule has 0 spiro atoms. The predicted octanol–water partition coefficient (Wildman–Crippen LogP) is 10.4. The number of amides is 1. The topological polar surface area (TPSA) is 87.8 Å². The summed E-state index contributed by atoms with van der Waals surface area (Å²) in [5, 5.41) is 0.0767. The Morgan fingerprint density at radius 2 is 1.38 bits per heavy atom. The first-order valence-electron chi connectivity index (χ1n) is 16.7. The van der Waals surface area contributed by atoms with Crippen molar-refractivity contribution >= 4 is 29.0 Å². The van der Waals surface area contributed by atoms with Gasteiger partial charge in [-0.1, -0.05) is 112 Å². The second kappa shape index (κ2) is 18.0. The number of primary amides is 1. The van der Waals surface area contributed by atoms with Crippen molar-refractivity contribution in [3.05, 3.63) is 48.1 Å². The first kappa shape index (κ1) is 43.3. The Labute approximate surface area is 279 Å². The van der Waals surface area contributed by atoms with E-state index in [0.29, 0.717) is 6.42 Å². The molecular weight excluding hydrogens is 595 g/mol. The lowest BCUT2D eigenvalue weighted by Crippen LogP contribution is -2.50. The summed E-state index contributed by atoms with van der Waals surface area (Å²) in [7, 11) is -4.27. The molecule has 0 rings (SSSR count). The SMILES string of the molecule is C=CC=CC(C)C(OC(N)=O)C(C)C(O[Si](C)(C)C(C)(C)C)C(C)CC(C)=CC(C)C(O[Si](C)(C)C(C)(C)C)C(C)=CCC=O. The minimum absolute atomic E-state index is 0.0121. The van der Waals surface area contributed by atoms with Gasteiger partial charge in [0.15, 0.2) is 16.6 Å². The molecule has 0 saturated heterocycles. The Morgan fingerprint density at radius 1 is 0.867 bits per heavy atom. The Kier molecular flexibility index (Phi) is 17.3. The maximum atomic E-state index is 12.1. The van der Waals surface area contributed by atoms with Crippen LogP contribution in [0.1, 0.15) is 95.9 Å². The van der Waals surface area contributed by atoms with Gasteiger partial charge < -0.3 is 24.1 Å². The van der Waals surface area contributed by atoms with E-state index in [1.807, 2.05) is 25.2 Å². The van der Waals surface area contributed by atoms with Gasteiger partial charge in [-0.15, -0.1) is 0 Å². The van der Waals surface area contributed by atoms with E-state index in [1.165, 1.54) is 5.57 Å². The predicted molar refractivity (Wildman–Crippen MR) is 197 cm³/mol. The molecule has 0 fully saturated rings. The average molecular weight is 664 g/mol. The standard InChI is InChI=1S/C37H69NO5Si2/c1-18-19-21-28(4)33(41-35(38)40)31(7)34(43-45(16,17)37(11,12)13)30(6)25-26(2)24-29(5)32(27(3)22-20-23-39)42-44(14,15)36(8,9)10/h18-19,21-24,28-34H,1,20,25H2,2-17H3,(H2,38,40). The maximum absolute atomic E-state index is 12.1. The highest BCUT2D eigenvalue weighted by Gasteiger charge is 2.44. The van der Waals surface area contributed by atoms with Gasteiger partial charge in [-0.05, 0) is 68.0 Å². The Balaban J connectivity index is 6.63. The number of carbonyl (C=O) groups excluding carboxylic acids is 2. The van der Waals surface area contributed by atoms with Gasteiger partial charge in [-0.25, -0.2) is 4.79 Å². The highest BCUT2D eigenvalue weighted by molar-refractivity contribution is 6.74. The summed E-state index contributed by atoms with van der Waals surface area (Å²) < 4.78 is 19.9. The molecule has 0 aliphatic carbocycles. The van der Waals surface area contributed by atoms with Crippen LogP contribution < -0.4 is 5.73 Å². The maximum Gasteiger partial charge on any atom is 0.404 e. The number of hydrogen-bond donors (Lipinski definition) is 1. The molecule has 0 saturated carbocycles. The van der Waals surface area contributed by atoms with E-state index >= 15 is 0 Å². The number of carbonyl (C=O) groups is 2. The molecule has 0 aromatic carbocycles. The molecular formula is C37H69NO5Si2. The molecule has 45 heavy (non-hydrogen) atoms. The smallest absolute Gasteiger partial charge is 0.404 e. The zero-order chi connectivity index (χ0) is 35.6. The molecule has 0 radical (unpaired) electrons. The Bertz CT molecular complexity index is 1050. The zero-order valence-corrected chi connectivity index (χ0v) is 33.7. The molecule has 0 aromatic heterocycles. The number of rotatable bonds is 18. The number of hydrogen-bond acceptors (Lipinski definition) is 5. The monoisotopic (exact) mass is 663 g/mol. The van der Waals surface area contributed by atoms with Gasteiger partial charge in [0.05, 0.1) is 12.2 Å². The lowest BCUT2D eigenvalue weighted by molar-refractivity contribution is -0.107. The summed E-state index contributed by atoms with van der Waals surface area (Å²) in [6.45, 7) is 39.2. The quantitative estimate of drug-likeness (QED) is 0.0682. The van der Waals surface area contributed by atoms with Gasteiger partial charge in [0.2, 0.25) is 0 Å². The largest absolute Gasteiger partial charge is 0.445 e. The molecule has 0 aliphatic heterocycles. The van der Waals surface area contributed by atoms with Gasteiger partial charge in [-0.3, -0.25) is 0 Å². The van der Waals surface area contributed by atoms with Gasteiger partial charge in [0.1, 0.15) is 12.4 Å². The van der Waals surface area contributed by atoms with E-state index in [-0.39, 0.29) is 46.0 Å². The minimum atomic E-state index is -2.19. The Morgan fingerprint density at radius 3 is 1.82 bits per heavy atom. The van der Waals surface area contributed by atoms with E-state index in [4.69, 9.17) is 19.3 Å². The number of aldehydes is 1. The van der Waals surface area contributed by atoms with Crippen LogP contribution in [0.3, 0.4) is 0 Å². The highest BCUT2D eigenvalue weighted by atomic mass is 28.4. The summed E-state index contributed by atoms with van der Waals surface area (Å²) in [5.41, 5.74) is 7.93. The summed E-state index contributed by atoms with van der Waals surface area (Å²) in [6, 6.07) is 0. The van der Waals surface area contributed by atoms with Crippen molar-refractivity contribution < 1.29 is 23.2 Å². The van der Waals surface area contributed by atoms with E-state index in [2.05, 4.69) is 115 Å². The molecule has 1 amide bonds. The number of nitrogens with two attached hydrogens (primary N) is 1. The van der Waals surface area contributed by atoms with E-state index < -0.39 is 28.8 Å². The van der Waals surface area contributed by atoms with Crippen LogP contribution in [0, 0.1) is 23.7 Å². The lowest BCUT2D eigenvalue weighted by Gasteiger charge is -2.45. The van der Waals surface area contributed by atoms with Gasteiger partial charge in [0, 0.05) is 24.2 Å². The van der Waals surface area contributed by atoms with Crippen molar-refractivity contribution in [1.29, 1.82) is 0 Å². The van der Waals surface area contributed by atoms with Crippen LogP contribution in [0.25, 0.3) is 0 Å². The van der Waals surface area contributed by atoms with Crippen LogP contribution in [0.5, 0.6) is 0 Å².